The number of anilines is 1. The molecule has 5 nitrogen and oxygen atoms in total. The topological polar surface area (TPSA) is 59.6 Å². The molecule has 2 aromatic carbocycles. The molecule has 1 aliphatic heterocycles. The van der Waals surface area contributed by atoms with E-state index in [4.69, 9.17) is 9.47 Å². The van der Waals surface area contributed by atoms with Crippen LogP contribution in [-0.2, 0) is 10.9 Å². The van der Waals surface area contributed by atoms with Crippen LogP contribution in [0.15, 0.2) is 48.5 Å². The van der Waals surface area contributed by atoms with Crippen molar-refractivity contribution in [2.45, 2.75) is 25.1 Å². The average molecular weight is 380 g/mol. The highest BCUT2D eigenvalue weighted by atomic mass is 19.4. The number of hydrogen-bond donors (Lipinski definition) is 2. The molecular weight excluding hydrogens is 361 g/mol. The minimum Gasteiger partial charge on any atom is -0.491 e. The van der Waals surface area contributed by atoms with Crippen LogP contribution >= 0.6 is 0 Å². The molecule has 1 saturated heterocycles. The van der Waals surface area contributed by atoms with Crippen molar-refractivity contribution in [1.82, 2.24) is 5.43 Å². The number of hydrazine groups is 1. The molecule has 0 saturated carbocycles. The molecule has 0 radical (unpaired) electrons. The van der Waals surface area contributed by atoms with Crippen molar-refractivity contribution in [3.63, 3.8) is 0 Å². The predicted octanol–water partition coefficient (Wildman–Crippen LogP) is 4.02. The van der Waals surface area contributed by atoms with Gasteiger partial charge in [-0.15, -0.1) is 0 Å². The number of carbonyl (C=O) groups excluding carboxylic acids is 1. The first kappa shape index (κ1) is 19.0. The zero-order chi connectivity index (χ0) is 19.3. The minimum absolute atomic E-state index is 0.0888. The third-order valence-corrected chi connectivity index (χ3v) is 4.12. The third kappa shape index (κ3) is 5.13. The van der Waals surface area contributed by atoms with Gasteiger partial charge in [0.25, 0.3) is 5.91 Å². The van der Waals surface area contributed by atoms with Crippen LogP contribution in [0, 0.1) is 0 Å². The van der Waals surface area contributed by atoms with Crippen LogP contribution in [0.25, 0.3) is 0 Å². The molecule has 27 heavy (non-hydrogen) atoms. The molecule has 1 heterocycles. The van der Waals surface area contributed by atoms with Crippen molar-refractivity contribution >= 4 is 11.6 Å². The summed E-state index contributed by atoms with van der Waals surface area (Å²) in [6.45, 7) is 1.19. The molecule has 0 spiro atoms. The SMILES string of the molecule is O=C(NNc1ccccc1C(F)(F)F)c1ccc(OCC2CCCO2)cc1. The second-order valence-electron chi connectivity index (χ2n) is 6.09. The first-order valence-electron chi connectivity index (χ1n) is 8.50. The summed E-state index contributed by atoms with van der Waals surface area (Å²) in [5.74, 6) is 0.0371. The fourth-order valence-corrected chi connectivity index (χ4v) is 2.70. The maximum Gasteiger partial charge on any atom is 0.418 e. The van der Waals surface area contributed by atoms with E-state index in [9.17, 15) is 18.0 Å². The highest BCUT2D eigenvalue weighted by molar-refractivity contribution is 5.95. The van der Waals surface area contributed by atoms with E-state index in [2.05, 4.69) is 10.9 Å². The number of para-hydroxylation sites is 1. The van der Waals surface area contributed by atoms with Gasteiger partial charge in [-0.2, -0.15) is 13.2 Å². The second kappa shape index (κ2) is 8.30. The molecule has 1 aliphatic rings. The molecule has 144 valence electrons. The Hall–Kier alpha value is -2.74. The molecular formula is C19H19F3N2O3. The van der Waals surface area contributed by atoms with Gasteiger partial charge in [0.15, 0.2) is 0 Å². The number of alkyl halides is 3. The highest BCUT2D eigenvalue weighted by Crippen LogP contribution is 2.34. The van der Waals surface area contributed by atoms with Gasteiger partial charge >= 0.3 is 6.18 Å². The Morgan fingerprint density at radius 2 is 1.89 bits per heavy atom. The highest BCUT2D eigenvalue weighted by Gasteiger charge is 2.33. The summed E-state index contributed by atoms with van der Waals surface area (Å²) in [5, 5.41) is 0. The summed E-state index contributed by atoms with van der Waals surface area (Å²) in [5.41, 5.74) is 3.81. The smallest absolute Gasteiger partial charge is 0.418 e. The Kier molecular flexibility index (Phi) is 5.85. The number of benzene rings is 2. The summed E-state index contributed by atoms with van der Waals surface area (Å²) in [6.07, 6.45) is -2.44. The van der Waals surface area contributed by atoms with E-state index in [0.717, 1.165) is 25.5 Å². The van der Waals surface area contributed by atoms with Gasteiger partial charge in [0.05, 0.1) is 17.4 Å². The van der Waals surface area contributed by atoms with Crippen LogP contribution in [0.4, 0.5) is 18.9 Å². The largest absolute Gasteiger partial charge is 0.491 e. The number of ether oxygens (including phenoxy) is 2. The van der Waals surface area contributed by atoms with Crippen molar-refractivity contribution in [3.05, 3.63) is 59.7 Å². The van der Waals surface area contributed by atoms with Gasteiger partial charge in [0.2, 0.25) is 0 Å². The zero-order valence-corrected chi connectivity index (χ0v) is 14.4. The van der Waals surface area contributed by atoms with Gasteiger partial charge < -0.3 is 9.47 Å². The van der Waals surface area contributed by atoms with Crippen molar-refractivity contribution in [2.75, 3.05) is 18.6 Å². The summed E-state index contributed by atoms with van der Waals surface area (Å²) in [6, 6.07) is 11.3. The van der Waals surface area contributed by atoms with Gasteiger partial charge in [-0.3, -0.25) is 15.6 Å². The molecule has 1 fully saturated rings. The van der Waals surface area contributed by atoms with Crippen LogP contribution in [0.5, 0.6) is 5.75 Å². The molecule has 1 unspecified atom stereocenters. The van der Waals surface area contributed by atoms with Crippen LogP contribution in [-0.4, -0.2) is 25.2 Å². The van der Waals surface area contributed by atoms with E-state index in [0.29, 0.717) is 12.4 Å². The Morgan fingerprint density at radius 1 is 1.15 bits per heavy atom. The average Bonchev–Trinajstić information content (AvgIpc) is 3.18. The van der Waals surface area contributed by atoms with Crippen LogP contribution in [0.2, 0.25) is 0 Å². The number of halogens is 3. The number of carbonyl (C=O) groups is 1. The molecule has 8 heteroatoms. The summed E-state index contributed by atoms with van der Waals surface area (Å²) < 4.78 is 49.9. The number of amides is 1. The van der Waals surface area contributed by atoms with Gasteiger partial charge in [0, 0.05) is 12.2 Å². The van der Waals surface area contributed by atoms with Crippen LogP contribution in [0.3, 0.4) is 0 Å². The van der Waals surface area contributed by atoms with E-state index in [1.165, 1.54) is 30.3 Å². The van der Waals surface area contributed by atoms with E-state index >= 15 is 0 Å². The molecule has 2 aromatic rings. The minimum atomic E-state index is -4.52. The molecule has 2 N–H and O–H groups in total. The molecule has 0 aromatic heterocycles. The van der Waals surface area contributed by atoms with E-state index in [1.54, 1.807) is 12.1 Å². The Balaban J connectivity index is 1.55. The summed E-state index contributed by atoms with van der Waals surface area (Å²) >= 11 is 0. The van der Waals surface area contributed by atoms with Crippen LogP contribution < -0.4 is 15.6 Å². The lowest BCUT2D eigenvalue weighted by atomic mass is 10.2. The predicted molar refractivity (Wildman–Crippen MR) is 93.4 cm³/mol. The summed E-state index contributed by atoms with van der Waals surface area (Å²) in [7, 11) is 0. The van der Waals surface area contributed by atoms with E-state index in [1.807, 2.05) is 0 Å². The first-order chi connectivity index (χ1) is 12.9. The Labute approximate surface area is 154 Å². The molecule has 0 aliphatic carbocycles. The fraction of sp³-hybridized carbons (Fsp3) is 0.316. The summed E-state index contributed by atoms with van der Waals surface area (Å²) in [4.78, 5) is 12.1. The molecule has 1 atom stereocenters. The van der Waals surface area contributed by atoms with Crippen molar-refractivity contribution in [2.24, 2.45) is 0 Å². The molecule has 1 amide bonds. The second-order valence-corrected chi connectivity index (χ2v) is 6.09. The first-order valence-corrected chi connectivity index (χ1v) is 8.50. The Morgan fingerprint density at radius 3 is 2.56 bits per heavy atom. The maximum absolute atomic E-state index is 12.9. The standard InChI is InChI=1S/C19H19F3N2O3/c20-19(21,22)16-5-1-2-6-17(16)23-24-18(25)13-7-9-14(10-8-13)27-12-15-4-3-11-26-15/h1-2,5-10,15,23H,3-4,11-12H2,(H,24,25). The number of rotatable bonds is 6. The van der Waals surface area contributed by atoms with Gasteiger partial charge in [-0.25, -0.2) is 0 Å². The van der Waals surface area contributed by atoms with Crippen molar-refractivity contribution in [1.29, 1.82) is 0 Å². The zero-order valence-electron chi connectivity index (χ0n) is 14.4. The lowest BCUT2D eigenvalue weighted by Gasteiger charge is -2.15. The van der Waals surface area contributed by atoms with E-state index < -0.39 is 17.6 Å². The monoisotopic (exact) mass is 380 g/mol. The van der Waals surface area contributed by atoms with Crippen molar-refractivity contribution < 1.29 is 27.4 Å². The van der Waals surface area contributed by atoms with Crippen molar-refractivity contribution in [3.8, 4) is 5.75 Å². The normalized spacial score (nSPS) is 16.8. The van der Waals surface area contributed by atoms with Gasteiger partial charge in [-0.1, -0.05) is 12.1 Å². The fourth-order valence-electron chi connectivity index (χ4n) is 2.70. The number of hydrogen-bond acceptors (Lipinski definition) is 4. The van der Waals surface area contributed by atoms with Gasteiger partial charge in [-0.05, 0) is 49.2 Å². The maximum atomic E-state index is 12.9. The lowest BCUT2D eigenvalue weighted by Crippen LogP contribution is -2.30. The Bertz CT molecular complexity index is 773. The van der Waals surface area contributed by atoms with Gasteiger partial charge in [0.1, 0.15) is 12.4 Å². The number of nitrogens with one attached hydrogen (secondary N) is 2. The quantitative estimate of drug-likeness (QED) is 0.744. The van der Waals surface area contributed by atoms with E-state index in [-0.39, 0.29) is 17.4 Å². The third-order valence-electron chi connectivity index (χ3n) is 4.12. The molecule has 3 rings (SSSR count). The lowest BCUT2D eigenvalue weighted by molar-refractivity contribution is -0.137. The molecule has 0 bridgehead atoms. The van der Waals surface area contributed by atoms with Crippen LogP contribution in [0.1, 0.15) is 28.8 Å².